The number of rotatable bonds is 3. The molecule has 0 bridgehead atoms. The van der Waals surface area contributed by atoms with Crippen molar-refractivity contribution in [1.29, 1.82) is 0 Å². The second-order valence-corrected chi connectivity index (χ2v) is 7.77. The number of nitrogens with one attached hydrogen (secondary N) is 1. The molecule has 0 unspecified atom stereocenters. The average Bonchev–Trinajstić information content (AvgIpc) is 2.59. The highest BCUT2D eigenvalue weighted by atomic mass is 32.2. The van der Waals surface area contributed by atoms with Crippen LogP contribution in [0.2, 0.25) is 0 Å². The van der Waals surface area contributed by atoms with Crippen molar-refractivity contribution in [2.45, 2.75) is 37.8 Å². The number of likely N-dealkylation sites (tertiary alicyclic amines) is 1. The molecule has 2 fully saturated rings. The molecule has 1 amide bonds. The highest BCUT2D eigenvalue weighted by Crippen LogP contribution is 2.13. The van der Waals surface area contributed by atoms with Crippen LogP contribution < -0.4 is 5.32 Å². The first-order valence-corrected chi connectivity index (χ1v) is 9.18. The number of carbonyl (C=O) groups is 2. The van der Waals surface area contributed by atoms with E-state index in [4.69, 9.17) is 9.90 Å². The number of carbonyl (C=O) groups excluding carboxylic acids is 1. The SMILES string of the molecule is O=C(CN1CCCCCC1)N[C@@H]1CS(=O)(=O)C[C@H]1O.O=CO. The molecule has 128 valence electrons. The van der Waals surface area contributed by atoms with Gasteiger partial charge in [0, 0.05) is 0 Å². The Balaban J connectivity index is 0.000000745. The zero-order valence-corrected chi connectivity index (χ0v) is 13.3. The van der Waals surface area contributed by atoms with E-state index in [0.29, 0.717) is 6.54 Å². The molecule has 0 aromatic carbocycles. The molecular weight excluding hydrogens is 312 g/mol. The topological polar surface area (TPSA) is 124 Å². The van der Waals surface area contributed by atoms with Crippen LogP contribution in [0.1, 0.15) is 25.7 Å². The number of amides is 1. The first kappa shape index (κ1) is 18.9. The summed E-state index contributed by atoms with van der Waals surface area (Å²) >= 11 is 0. The van der Waals surface area contributed by atoms with E-state index in [1.165, 1.54) is 12.8 Å². The Labute approximate surface area is 130 Å². The number of aliphatic hydroxyl groups is 1. The van der Waals surface area contributed by atoms with Crippen LogP contribution in [0, 0.1) is 0 Å². The van der Waals surface area contributed by atoms with Crippen molar-refractivity contribution in [2.75, 3.05) is 31.1 Å². The summed E-state index contributed by atoms with van der Waals surface area (Å²) in [5, 5.41) is 19.1. The largest absolute Gasteiger partial charge is 0.483 e. The van der Waals surface area contributed by atoms with E-state index in [-0.39, 0.29) is 23.9 Å². The zero-order valence-electron chi connectivity index (χ0n) is 12.5. The van der Waals surface area contributed by atoms with Gasteiger partial charge in [0.25, 0.3) is 6.47 Å². The van der Waals surface area contributed by atoms with Gasteiger partial charge < -0.3 is 15.5 Å². The van der Waals surface area contributed by atoms with Gasteiger partial charge in [-0.05, 0) is 25.9 Å². The van der Waals surface area contributed by atoms with Gasteiger partial charge in [0.15, 0.2) is 9.84 Å². The van der Waals surface area contributed by atoms with Crippen LogP contribution in [0.5, 0.6) is 0 Å². The molecule has 0 aliphatic carbocycles. The lowest BCUT2D eigenvalue weighted by Gasteiger charge is -2.21. The van der Waals surface area contributed by atoms with Crippen molar-refractivity contribution in [3.05, 3.63) is 0 Å². The minimum atomic E-state index is -3.21. The van der Waals surface area contributed by atoms with E-state index >= 15 is 0 Å². The van der Waals surface area contributed by atoms with Crippen LogP contribution in [0.25, 0.3) is 0 Å². The quantitative estimate of drug-likeness (QED) is 0.555. The number of carboxylic acid groups (broad SMARTS) is 1. The summed E-state index contributed by atoms with van der Waals surface area (Å²) in [6, 6.07) is -0.649. The molecule has 2 saturated heterocycles. The summed E-state index contributed by atoms with van der Waals surface area (Å²) in [5.74, 6) is -0.593. The fraction of sp³-hybridized carbons (Fsp3) is 0.846. The Morgan fingerprint density at radius 1 is 1.18 bits per heavy atom. The maximum Gasteiger partial charge on any atom is 0.290 e. The molecule has 0 saturated carbocycles. The van der Waals surface area contributed by atoms with Gasteiger partial charge in [-0.2, -0.15) is 0 Å². The van der Waals surface area contributed by atoms with Crippen molar-refractivity contribution in [3.63, 3.8) is 0 Å². The van der Waals surface area contributed by atoms with E-state index in [1.54, 1.807) is 0 Å². The van der Waals surface area contributed by atoms with Crippen LogP contribution in [-0.2, 0) is 19.4 Å². The molecule has 2 aliphatic rings. The minimum absolute atomic E-state index is 0.153. The molecule has 9 heteroatoms. The fourth-order valence-corrected chi connectivity index (χ4v) is 4.46. The van der Waals surface area contributed by atoms with Crippen LogP contribution >= 0.6 is 0 Å². The lowest BCUT2D eigenvalue weighted by Crippen LogP contribution is -2.47. The van der Waals surface area contributed by atoms with Gasteiger partial charge in [-0.15, -0.1) is 0 Å². The van der Waals surface area contributed by atoms with Crippen LogP contribution in [-0.4, -0.2) is 79.2 Å². The third-order valence-electron chi connectivity index (χ3n) is 3.73. The third-order valence-corrected chi connectivity index (χ3v) is 5.45. The summed E-state index contributed by atoms with van der Waals surface area (Å²) in [5.41, 5.74) is 0. The molecule has 0 radical (unpaired) electrons. The van der Waals surface area contributed by atoms with Crippen molar-refractivity contribution in [2.24, 2.45) is 0 Å². The minimum Gasteiger partial charge on any atom is -0.483 e. The van der Waals surface area contributed by atoms with Crippen LogP contribution in [0.4, 0.5) is 0 Å². The van der Waals surface area contributed by atoms with E-state index in [2.05, 4.69) is 10.2 Å². The molecule has 22 heavy (non-hydrogen) atoms. The summed E-state index contributed by atoms with van der Waals surface area (Å²) in [6.07, 6.45) is 3.65. The molecular formula is C13H24N2O6S. The number of hydrogen-bond donors (Lipinski definition) is 3. The zero-order chi connectivity index (χ0) is 16.6. The Morgan fingerprint density at radius 2 is 1.73 bits per heavy atom. The number of sulfone groups is 1. The highest BCUT2D eigenvalue weighted by Gasteiger charge is 2.37. The Hall–Kier alpha value is -1.19. The maximum atomic E-state index is 11.9. The summed E-state index contributed by atoms with van der Waals surface area (Å²) in [4.78, 5) is 22.3. The maximum absolute atomic E-state index is 11.9. The molecule has 2 rings (SSSR count). The van der Waals surface area contributed by atoms with E-state index in [9.17, 15) is 18.3 Å². The first-order chi connectivity index (χ1) is 10.4. The lowest BCUT2D eigenvalue weighted by molar-refractivity contribution is -0.124. The van der Waals surface area contributed by atoms with E-state index in [0.717, 1.165) is 25.9 Å². The first-order valence-electron chi connectivity index (χ1n) is 7.36. The van der Waals surface area contributed by atoms with Gasteiger partial charge in [-0.3, -0.25) is 14.5 Å². The van der Waals surface area contributed by atoms with Gasteiger partial charge >= 0.3 is 0 Å². The van der Waals surface area contributed by atoms with Gasteiger partial charge in [0.1, 0.15) is 0 Å². The second-order valence-electron chi connectivity index (χ2n) is 5.61. The Kier molecular flexibility index (Phi) is 7.77. The predicted molar refractivity (Wildman–Crippen MR) is 80.2 cm³/mol. The molecule has 2 heterocycles. The molecule has 3 N–H and O–H groups in total. The monoisotopic (exact) mass is 336 g/mol. The Bertz CT molecular complexity index is 459. The Morgan fingerprint density at radius 3 is 2.18 bits per heavy atom. The van der Waals surface area contributed by atoms with Crippen molar-refractivity contribution < 1.29 is 28.2 Å². The standard InChI is InChI=1S/C12H22N2O4S.CH2O2/c15-11-9-19(17,18)8-10(11)13-12(16)7-14-5-3-1-2-4-6-14;2-1-3/h10-11,15H,1-9H2,(H,13,16);1H,(H,2,3)/t10-,11-;/m1./s1. The molecule has 0 aromatic rings. The van der Waals surface area contributed by atoms with Gasteiger partial charge in [0.05, 0.1) is 30.2 Å². The fourth-order valence-electron chi connectivity index (χ4n) is 2.72. The smallest absolute Gasteiger partial charge is 0.290 e. The van der Waals surface area contributed by atoms with Gasteiger partial charge in [0.2, 0.25) is 5.91 Å². The van der Waals surface area contributed by atoms with E-state index < -0.39 is 22.0 Å². The summed E-state index contributed by atoms with van der Waals surface area (Å²) in [6.45, 7) is 1.88. The molecule has 0 spiro atoms. The number of aliphatic hydroxyl groups excluding tert-OH is 1. The van der Waals surface area contributed by atoms with Crippen LogP contribution in [0.3, 0.4) is 0 Å². The summed E-state index contributed by atoms with van der Waals surface area (Å²) in [7, 11) is -3.21. The van der Waals surface area contributed by atoms with Gasteiger partial charge in [-0.1, -0.05) is 12.8 Å². The van der Waals surface area contributed by atoms with Crippen molar-refractivity contribution in [1.82, 2.24) is 10.2 Å². The average molecular weight is 336 g/mol. The molecule has 2 atom stereocenters. The number of nitrogens with zero attached hydrogens (tertiary/aromatic N) is 1. The number of hydrogen-bond acceptors (Lipinski definition) is 6. The molecule has 2 aliphatic heterocycles. The molecule has 8 nitrogen and oxygen atoms in total. The lowest BCUT2D eigenvalue weighted by atomic mass is 10.2. The van der Waals surface area contributed by atoms with Crippen molar-refractivity contribution >= 4 is 22.2 Å². The predicted octanol–water partition coefficient (Wildman–Crippen LogP) is -1.16. The second kappa shape index (κ2) is 9.06. The highest BCUT2D eigenvalue weighted by molar-refractivity contribution is 7.91. The molecule has 0 aromatic heterocycles. The van der Waals surface area contributed by atoms with Crippen molar-refractivity contribution in [3.8, 4) is 0 Å². The third kappa shape index (κ3) is 6.71. The van der Waals surface area contributed by atoms with Gasteiger partial charge in [-0.25, -0.2) is 8.42 Å². The summed E-state index contributed by atoms with van der Waals surface area (Å²) < 4.78 is 22.7. The normalized spacial score (nSPS) is 28.0. The van der Waals surface area contributed by atoms with Crippen LogP contribution in [0.15, 0.2) is 0 Å². The van der Waals surface area contributed by atoms with E-state index in [1.807, 2.05) is 0 Å².